The van der Waals surface area contributed by atoms with Crippen molar-refractivity contribution in [2.75, 3.05) is 43.6 Å². The van der Waals surface area contributed by atoms with E-state index < -0.39 is 0 Å². The SMILES string of the molecule is CCN(CC)c1nccc2ccc(NCCOC)cc12. The van der Waals surface area contributed by atoms with Gasteiger partial charge in [-0.05, 0) is 37.4 Å². The highest BCUT2D eigenvalue weighted by Crippen LogP contribution is 2.27. The van der Waals surface area contributed by atoms with Gasteiger partial charge in [-0.2, -0.15) is 0 Å². The molecule has 0 radical (unpaired) electrons. The van der Waals surface area contributed by atoms with Crippen molar-refractivity contribution in [2.24, 2.45) is 0 Å². The normalized spacial score (nSPS) is 10.8. The fraction of sp³-hybridized carbons (Fsp3) is 0.438. The lowest BCUT2D eigenvalue weighted by Gasteiger charge is -2.21. The van der Waals surface area contributed by atoms with Crippen LogP contribution in [0.5, 0.6) is 0 Å². The quantitative estimate of drug-likeness (QED) is 0.786. The van der Waals surface area contributed by atoms with Crippen molar-refractivity contribution < 1.29 is 4.74 Å². The molecule has 1 heterocycles. The molecule has 0 aliphatic rings. The number of pyridine rings is 1. The minimum absolute atomic E-state index is 0.702. The Morgan fingerprint density at radius 2 is 2.00 bits per heavy atom. The third-order valence-electron chi connectivity index (χ3n) is 3.44. The molecule has 2 rings (SSSR count). The number of nitrogens with zero attached hydrogens (tertiary/aromatic N) is 2. The zero-order valence-corrected chi connectivity index (χ0v) is 12.5. The minimum Gasteiger partial charge on any atom is -0.383 e. The predicted molar refractivity (Wildman–Crippen MR) is 85.7 cm³/mol. The molecule has 4 nitrogen and oxygen atoms in total. The van der Waals surface area contributed by atoms with Gasteiger partial charge in [0.05, 0.1) is 6.61 Å². The molecule has 108 valence electrons. The van der Waals surface area contributed by atoms with E-state index in [0.29, 0.717) is 6.61 Å². The minimum atomic E-state index is 0.702. The molecule has 0 spiro atoms. The Bertz CT molecular complexity index is 552. The van der Waals surface area contributed by atoms with Gasteiger partial charge in [-0.1, -0.05) is 6.07 Å². The van der Waals surface area contributed by atoms with Crippen molar-refractivity contribution in [1.82, 2.24) is 4.98 Å². The van der Waals surface area contributed by atoms with E-state index >= 15 is 0 Å². The molecular formula is C16H23N3O. The summed E-state index contributed by atoms with van der Waals surface area (Å²) < 4.78 is 5.06. The molecule has 4 heteroatoms. The smallest absolute Gasteiger partial charge is 0.136 e. The van der Waals surface area contributed by atoms with Gasteiger partial charge < -0.3 is 15.0 Å². The summed E-state index contributed by atoms with van der Waals surface area (Å²) in [4.78, 5) is 6.84. The molecule has 0 bridgehead atoms. The molecule has 20 heavy (non-hydrogen) atoms. The summed E-state index contributed by atoms with van der Waals surface area (Å²) >= 11 is 0. The van der Waals surface area contributed by atoms with Crippen molar-refractivity contribution >= 4 is 22.3 Å². The second kappa shape index (κ2) is 7.10. The number of fused-ring (bicyclic) bond motifs is 1. The Labute approximate surface area is 120 Å². The standard InChI is InChI=1S/C16H23N3O/c1-4-19(5-2)16-15-12-14(17-10-11-20-3)7-6-13(15)8-9-18-16/h6-9,12,17H,4-5,10-11H2,1-3H3. The van der Waals surface area contributed by atoms with Crippen LogP contribution in [0.4, 0.5) is 11.5 Å². The lowest BCUT2D eigenvalue weighted by atomic mass is 10.1. The van der Waals surface area contributed by atoms with Gasteiger partial charge in [0.2, 0.25) is 0 Å². The number of benzene rings is 1. The fourth-order valence-electron chi connectivity index (χ4n) is 2.34. The highest BCUT2D eigenvalue weighted by molar-refractivity contribution is 5.94. The van der Waals surface area contributed by atoms with Crippen LogP contribution in [0.3, 0.4) is 0 Å². The predicted octanol–water partition coefficient (Wildman–Crippen LogP) is 3.14. The molecule has 1 aromatic carbocycles. The largest absolute Gasteiger partial charge is 0.383 e. The van der Waals surface area contributed by atoms with E-state index in [0.717, 1.165) is 31.1 Å². The third-order valence-corrected chi connectivity index (χ3v) is 3.44. The average molecular weight is 273 g/mol. The number of hydrogen-bond acceptors (Lipinski definition) is 4. The van der Waals surface area contributed by atoms with E-state index in [-0.39, 0.29) is 0 Å². The van der Waals surface area contributed by atoms with Crippen LogP contribution in [0.1, 0.15) is 13.8 Å². The van der Waals surface area contributed by atoms with Crippen LogP contribution in [0, 0.1) is 0 Å². The summed E-state index contributed by atoms with van der Waals surface area (Å²) in [6.07, 6.45) is 1.88. The first-order valence-electron chi connectivity index (χ1n) is 7.16. The Morgan fingerprint density at radius 3 is 2.70 bits per heavy atom. The zero-order chi connectivity index (χ0) is 14.4. The maximum absolute atomic E-state index is 5.06. The summed E-state index contributed by atoms with van der Waals surface area (Å²) in [5.41, 5.74) is 1.11. The van der Waals surface area contributed by atoms with Crippen LogP contribution in [-0.4, -0.2) is 38.3 Å². The second-order valence-electron chi connectivity index (χ2n) is 4.66. The second-order valence-corrected chi connectivity index (χ2v) is 4.66. The van der Waals surface area contributed by atoms with E-state index in [9.17, 15) is 0 Å². The zero-order valence-electron chi connectivity index (χ0n) is 12.5. The molecule has 1 aromatic heterocycles. The van der Waals surface area contributed by atoms with Crippen molar-refractivity contribution in [3.05, 3.63) is 30.5 Å². The molecule has 0 saturated carbocycles. The van der Waals surface area contributed by atoms with Gasteiger partial charge >= 0.3 is 0 Å². The van der Waals surface area contributed by atoms with Crippen LogP contribution in [0.2, 0.25) is 0 Å². The summed E-state index contributed by atoms with van der Waals surface area (Å²) in [5.74, 6) is 1.06. The van der Waals surface area contributed by atoms with Crippen LogP contribution in [0.15, 0.2) is 30.5 Å². The molecule has 0 atom stereocenters. The van der Waals surface area contributed by atoms with Gasteiger partial charge in [0.25, 0.3) is 0 Å². The van der Waals surface area contributed by atoms with Gasteiger partial charge in [-0.3, -0.25) is 0 Å². The van der Waals surface area contributed by atoms with Gasteiger partial charge in [0, 0.05) is 44.0 Å². The van der Waals surface area contributed by atoms with Gasteiger partial charge in [-0.15, -0.1) is 0 Å². The lowest BCUT2D eigenvalue weighted by molar-refractivity contribution is 0.211. The maximum Gasteiger partial charge on any atom is 0.136 e. The van der Waals surface area contributed by atoms with Crippen molar-refractivity contribution in [3.8, 4) is 0 Å². The van der Waals surface area contributed by atoms with Crippen molar-refractivity contribution in [2.45, 2.75) is 13.8 Å². The summed E-state index contributed by atoms with van der Waals surface area (Å²) in [7, 11) is 1.71. The van der Waals surface area contributed by atoms with Gasteiger partial charge in [0.15, 0.2) is 0 Å². The average Bonchev–Trinajstić information content (AvgIpc) is 2.49. The number of hydrogen-bond donors (Lipinski definition) is 1. The van der Waals surface area contributed by atoms with Crippen LogP contribution in [-0.2, 0) is 4.74 Å². The first-order chi connectivity index (χ1) is 9.80. The van der Waals surface area contributed by atoms with E-state index in [1.165, 1.54) is 10.8 Å². The lowest BCUT2D eigenvalue weighted by Crippen LogP contribution is -2.23. The molecular weight excluding hydrogens is 250 g/mol. The number of aromatic nitrogens is 1. The fourth-order valence-corrected chi connectivity index (χ4v) is 2.34. The number of anilines is 2. The van der Waals surface area contributed by atoms with Crippen molar-refractivity contribution in [1.29, 1.82) is 0 Å². The molecule has 0 saturated heterocycles. The molecule has 0 fully saturated rings. The van der Waals surface area contributed by atoms with Crippen LogP contribution < -0.4 is 10.2 Å². The van der Waals surface area contributed by atoms with Crippen molar-refractivity contribution in [3.63, 3.8) is 0 Å². The van der Waals surface area contributed by atoms with Gasteiger partial charge in [0.1, 0.15) is 5.82 Å². The summed E-state index contributed by atoms with van der Waals surface area (Å²) in [5, 5.41) is 5.78. The monoisotopic (exact) mass is 273 g/mol. The van der Waals surface area contributed by atoms with E-state index in [4.69, 9.17) is 4.74 Å². The molecule has 0 aliphatic heterocycles. The number of methoxy groups -OCH3 is 1. The summed E-state index contributed by atoms with van der Waals surface area (Å²) in [6, 6.07) is 8.47. The van der Waals surface area contributed by atoms with Gasteiger partial charge in [-0.25, -0.2) is 4.98 Å². The van der Waals surface area contributed by atoms with E-state index in [2.05, 4.69) is 53.3 Å². The molecule has 2 aromatic rings. The first kappa shape index (κ1) is 14.6. The maximum atomic E-state index is 5.06. The van der Waals surface area contributed by atoms with Crippen LogP contribution >= 0.6 is 0 Å². The van der Waals surface area contributed by atoms with E-state index in [1.807, 2.05) is 6.20 Å². The highest BCUT2D eigenvalue weighted by Gasteiger charge is 2.08. The Kier molecular flexibility index (Phi) is 5.18. The third kappa shape index (κ3) is 3.20. The molecule has 0 amide bonds. The Morgan fingerprint density at radius 1 is 1.20 bits per heavy atom. The summed E-state index contributed by atoms with van der Waals surface area (Å²) in [6.45, 7) is 7.75. The van der Waals surface area contributed by atoms with E-state index in [1.54, 1.807) is 7.11 Å². The molecule has 0 unspecified atom stereocenters. The first-order valence-corrected chi connectivity index (χ1v) is 7.16. The highest BCUT2D eigenvalue weighted by atomic mass is 16.5. The Hall–Kier alpha value is -1.81. The topological polar surface area (TPSA) is 37.4 Å². The molecule has 0 aliphatic carbocycles. The van der Waals surface area contributed by atoms with Crippen LogP contribution in [0.25, 0.3) is 10.8 Å². The number of nitrogens with one attached hydrogen (secondary N) is 1. The Balaban J connectivity index is 2.35. The number of ether oxygens (including phenoxy) is 1. The molecule has 1 N–H and O–H groups in total. The number of rotatable bonds is 7.